The topological polar surface area (TPSA) is 27.0 Å². The fraction of sp³-hybridized carbons (Fsp3) is 0.929. The van der Waals surface area contributed by atoms with E-state index in [9.17, 15) is 0 Å². The minimum Gasteiger partial charge on any atom is -0.303 e. The van der Waals surface area contributed by atoms with Crippen LogP contribution in [-0.2, 0) is 0 Å². The van der Waals surface area contributed by atoms with Gasteiger partial charge in [0.15, 0.2) is 0 Å². The maximum absolute atomic E-state index is 8.94. The molecule has 1 fully saturated rings. The molecule has 0 aromatic carbocycles. The summed E-state index contributed by atoms with van der Waals surface area (Å²) in [5.74, 6) is 1.71. The summed E-state index contributed by atoms with van der Waals surface area (Å²) in [5.41, 5.74) is -0.144. The molecule has 1 rings (SSSR count). The van der Waals surface area contributed by atoms with Crippen LogP contribution in [-0.4, -0.2) is 24.5 Å². The van der Waals surface area contributed by atoms with Crippen molar-refractivity contribution in [3.05, 3.63) is 0 Å². The number of hydrogen-bond donors (Lipinski definition) is 0. The van der Waals surface area contributed by atoms with Gasteiger partial charge in [0.1, 0.15) is 0 Å². The minimum atomic E-state index is -0.144. The number of likely N-dealkylation sites (tertiary alicyclic amines) is 1. The van der Waals surface area contributed by atoms with Crippen LogP contribution in [0.4, 0.5) is 0 Å². The Balaban J connectivity index is 2.22. The molecule has 2 atom stereocenters. The summed E-state index contributed by atoms with van der Waals surface area (Å²) in [6.07, 6.45) is 3.51. The van der Waals surface area contributed by atoms with Crippen LogP contribution in [0.15, 0.2) is 0 Å². The molecule has 0 bridgehead atoms. The third-order valence-electron chi connectivity index (χ3n) is 4.00. The molecule has 16 heavy (non-hydrogen) atoms. The lowest BCUT2D eigenvalue weighted by molar-refractivity contribution is 0.134. The van der Waals surface area contributed by atoms with Gasteiger partial charge in [-0.2, -0.15) is 5.26 Å². The van der Waals surface area contributed by atoms with Gasteiger partial charge in [-0.15, -0.1) is 0 Å². The highest BCUT2D eigenvalue weighted by molar-refractivity contribution is 4.91. The molecule has 1 aliphatic heterocycles. The maximum atomic E-state index is 8.94. The van der Waals surface area contributed by atoms with Crippen molar-refractivity contribution >= 4 is 0 Å². The van der Waals surface area contributed by atoms with Crippen LogP contribution in [0.1, 0.15) is 47.0 Å². The Labute approximate surface area is 101 Å². The fourth-order valence-corrected chi connectivity index (χ4v) is 2.35. The summed E-state index contributed by atoms with van der Waals surface area (Å²) < 4.78 is 0. The van der Waals surface area contributed by atoms with Crippen LogP contribution in [0.25, 0.3) is 0 Å². The third-order valence-corrected chi connectivity index (χ3v) is 4.00. The minimum absolute atomic E-state index is 0.144. The average Bonchev–Trinajstić information content (AvgIpc) is 2.23. The smallest absolute Gasteiger partial charge is 0.0683 e. The van der Waals surface area contributed by atoms with Crippen molar-refractivity contribution in [2.45, 2.75) is 47.0 Å². The van der Waals surface area contributed by atoms with E-state index in [4.69, 9.17) is 5.26 Å². The fourth-order valence-electron chi connectivity index (χ4n) is 2.35. The number of rotatable bonds is 4. The van der Waals surface area contributed by atoms with E-state index in [1.54, 1.807) is 0 Å². The van der Waals surface area contributed by atoms with E-state index in [2.05, 4.69) is 24.8 Å². The Morgan fingerprint density at radius 2 is 2.00 bits per heavy atom. The third kappa shape index (κ3) is 4.14. The Bertz CT molecular complexity index is 252. The van der Waals surface area contributed by atoms with Crippen LogP contribution in [0, 0.1) is 28.6 Å². The molecular formula is C14H26N2. The first-order chi connectivity index (χ1) is 7.44. The van der Waals surface area contributed by atoms with Gasteiger partial charge in [0.05, 0.1) is 11.5 Å². The van der Waals surface area contributed by atoms with Crippen molar-refractivity contribution in [1.29, 1.82) is 5.26 Å². The molecule has 0 N–H and O–H groups in total. The summed E-state index contributed by atoms with van der Waals surface area (Å²) in [6, 6.07) is 2.38. The van der Waals surface area contributed by atoms with Gasteiger partial charge in [0, 0.05) is 6.54 Å². The van der Waals surface area contributed by atoms with Crippen molar-refractivity contribution in [3.63, 3.8) is 0 Å². The number of hydrogen-bond acceptors (Lipinski definition) is 2. The monoisotopic (exact) mass is 222 g/mol. The lowest BCUT2D eigenvalue weighted by atomic mass is 9.87. The standard InChI is InChI=1S/C14H26N2/c1-12-6-9-16(10-13(12)2)8-5-7-14(3,4)11-15/h12-13H,5-10H2,1-4H3. The van der Waals surface area contributed by atoms with Gasteiger partial charge < -0.3 is 4.90 Å². The maximum Gasteiger partial charge on any atom is 0.0683 e. The molecule has 0 spiro atoms. The lowest BCUT2D eigenvalue weighted by Gasteiger charge is -2.35. The van der Waals surface area contributed by atoms with Gasteiger partial charge in [-0.05, 0) is 58.0 Å². The van der Waals surface area contributed by atoms with E-state index in [0.29, 0.717) is 0 Å². The highest BCUT2D eigenvalue weighted by Crippen LogP contribution is 2.24. The molecule has 0 radical (unpaired) electrons. The zero-order chi connectivity index (χ0) is 12.2. The Kier molecular flexibility index (Phi) is 4.80. The molecule has 0 saturated carbocycles. The Morgan fingerprint density at radius 3 is 2.56 bits per heavy atom. The molecule has 0 amide bonds. The van der Waals surface area contributed by atoms with E-state index in [1.165, 1.54) is 26.1 Å². The summed E-state index contributed by atoms with van der Waals surface area (Å²) in [5, 5.41) is 8.94. The van der Waals surface area contributed by atoms with Gasteiger partial charge in [-0.25, -0.2) is 0 Å². The number of nitrogens with zero attached hydrogens (tertiary/aromatic N) is 2. The summed E-state index contributed by atoms with van der Waals surface area (Å²) >= 11 is 0. The van der Waals surface area contributed by atoms with Gasteiger partial charge in [0.25, 0.3) is 0 Å². The summed E-state index contributed by atoms with van der Waals surface area (Å²) in [6.45, 7) is 12.5. The van der Waals surface area contributed by atoms with Crippen LogP contribution < -0.4 is 0 Å². The second-order valence-corrected chi connectivity index (χ2v) is 6.14. The second-order valence-electron chi connectivity index (χ2n) is 6.14. The molecular weight excluding hydrogens is 196 g/mol. The Hall–Kier alpha value is -0.550. The molecule has 0 aliphatic carbocycles. The molecule has 2 heteroatoms. The molecule has 1 heterocycles. The van der Waals surface area contributed by atoms with E-state index < -0.39 is 0 Å². The van der Waals surface area contributed by atoms with Gasteiger partial charge >= 0.3 is 0 Å². The predicted octanol–water partition coefficient (Wildman–Crippen LogP) is 3.29. The largest absolute Gasteiger partial charge is 0.303 e. The van der Waals surface area contributed by atoms with Crippen molar-refractivity contribution in [3.8, 4) is 6.07 Å². The molecule has 1 saturated heterocycles. The quantitative estimate of drug-likeness (QED) is 0.730. The van der Waals surface area contributed by atoms with E-state index in [-0.39, 0.29) is 5.41 Å². The van der Waals surface area contributed by atoms with Crippen LogP contribution in [0.3, 0.4) is 0 Å². The van der Waals surface area contributed by atoms with Gasteiger partial charge in [0.2, 0.25) is 0 Å². The number of piperidine rings is 1. The summed E-state index contributed by atoms with van der Waals surface area (Å²) in [4.78, 5) is 2.57. The zero-order valence-corrected chi connectivity index (χ0v) is 11.3. The van der Waals surface area contributed by atoms with Gasteiger partial charge in [-0.1, -0.05) is 13.8 Å². The average molecular weight is 222 g/mol. The Morgan fingerprint density at radius 1 is 1.31 bits per heavy atom. The van der Waals surface area contributed by atoms with Crippen molar-refractivity contribution in [2.24, 2.45) is 17.3 Å². The number of nitriles is 1. The highest BCUT2D eigenvalue weighted by atomic mass is 15.1. The van der Waals surface area contributed by atoms with Crippen LogP contribution >= 0.6 is 0 Å². The van der Waals surface area contributed by atoms with Crippen LogP contribution in [0.5, 0.6) is 0 Å². The summed E-state index contributed by atoms with van der Waals surface area (Å²) in [7, 11) is 0. The van der Waals surface area contributed by atoms with Crippen molar-refractivity contribution in [1.82, 2.24) is 4.90 Å². The molecule has 2 unspecified atom stereocenters. The highest BCUT2D eigenvalue weighted by Gasteiger charge is 2.23. The van der Waals surface area contributed by atoms with E-state index >= 15 is 0 Å². The first-order valence-corrected chi connectivity index (χ1v) is 6.58. The van der Waals surface area contributed by atoms with Gasteiger partial charge in [-0.3, -0.25) is 0 Å². The first-order valence-electron chi connectivity index (χ1n) is 6.58. The van der Waals surface area contributed by atoms with E-state index in [1.807, 2.05) is 13.8 Å². The molecule has 1 aliphatic rings. The van der Waals surface area contributed by atoms with Crippen molar-refractivity contribution < 1.29 is 0 Å². The SMILES string of the molecule is CC1CCN(CCCC(C)(C)C#N)CC1C. The first kappa shape index (κ1) is 13.5. The molecule has 0 aromatic rings. The predicted molar refractivity (Wildman–Crippen MR) is 68.0 cm³/mol. The second kappa shape index (κ2) is 5.68. The van der Waals surface area contributed by atoms with Crippen LogP contribution in [0.2, 0.25) is 0 Å². The van der Waals surface area contributed by atoms with E-state index in [0.717, 1.165) is 24.7 Å². The molecule has 92 valence electrons. The van der Waals surface area contributed by atoms with Crippen molar-refractivity contribution in [2.75, 3.05) is 19.6 Å². The normalized spacial score (nSPS) is 27.7. The lowest BCUT2D eigenvalue weighted by Crippen LogP contribution is -2.39. The molecule has 2 nitrogen and oxygen atoms in total. The molecule has 0 aromatic heterocycles. The zero-order valence-electron chi connectivity index (χ0n) is 11.3.